The van der Waals surface area contributed by atoms with Gasteiger partial charge in [-0.05, 0) is 44.4 Å². The van der Waals surface area contributed by atoms with Crippen molar-refractivity contribution in [2.45, 2.75) is 39.3 Å². The molecule has 1 rings (SSSR count). The van der Waals surface area contributed by atoms with E-state index in [0.717, 1.165) is 11.1 Å². The Morgan fingerprint density at radius 3 is 1.87 bits per heavy atom. The van der Waals surface area contributed by atoms with Gasteiger partial charge in [0.05, 0.1) is 5.41 Å². The summed E-state index contributed by atoms with van der Waals surface area (Å²) in [5.41, 5.74) is 0.436. The molecule has 0 aliphatic heterocycles. The van der Waals surface area contributed by atoms with E-state index in [1.54, 1.807) is 18.2 Å². The molecule has 0 amide bonds. The second-order valence-electron chi connectivity index (χ2n) is 4.42. The first-order chi connectivity index (χ1) is 6.66. The molecule has 0 spiro atoms. The molecule has 0 unspecified atom stereocenters. The van der Waals surface area contributed by atoms with Gasteiger partial charge < -0.3 is 0 Å². The molecule has 0 aliphatic rings. The Balaban J connectivity index is 3.22. The van der Waals surface area contributed by atoms with Crippen molar-refractivity contribution < 1.29 is 13.2 Å². The summed E-state index contributed by atoms with van der Waals surface area (Å²) in [6, 6.07) is 4.90. The quantitative estimate of drug-likeness (QED) is 0.661. The van der Waals surface area contributed by atoms with Gasteiger partial charge in [-0.25, -0.2) is 0 Å². The molecule has 3 heteroatoms. The van der Waals surface area contributed by atoms with Crippen LogP contribution in [0.5, 0.6) is 0 Å². The number of hydrogen-bond donors (Lipinski definition) is 0. The molecule has 0 bridgehead atoms. The van der Waals surface area contributed by atoms with E-state index in [2.05, 4.69) is 0 Å². The highest BCUT2D eigenvalue weighted by atomic mass is 19.4. The van der Waals surface area contributed by atoms with Crippen LogP contribution in [0.3, 0.4) is 0 Å². The van der Waals surface area contributed by atoms with Crippen molar-refractivity contribution >= 4 is 0 Å². The molecule has 0 N–H and O–H groups in total. The molecule has 0 fully saturated rings. The minimum atomic E-state index is -4.21. The van der Waals surface area contributed by atoms with Crippen LogP contribution in [0.4, 0.5) is 13.2 Å². The highest BCUT2D eigenvalue weighted by Gasteiger charge is 2.48. The van der Waals surface area contributed by atoms with Gasteiger partial charge >= 0.3 is 6.18 Å². The fourth-order valence-electron chi connectivity index (χ4n) is 1.29. The fourth-order valence-corrected chi connectivity index (χ4v) is 1.29. The molecule has 0 heterocycles. The number of aryl methyl sites for hydroxylation is 2. The molecule has 0 nitrogen and oxygen atoms in total. The van der Waals surface area contributed by atoms with Crippen LogP contribution < -0.4 is 0 Å². The zero-order chi connectivity index (χ0) is 11.9. The Kier molecular flexibility index (Phi) is 2.85. The second-order valence-corrected chi connectivity index (χ2v) is 4.42. The summed E-state index contributed by atoms with van der Waals surface area (Å²) in [7, 11) is 0. The maximum atomic E-state index is 12.8. The third-order valence-corrected chi connectivity index (χ3v) is 2.94. The van der Waals surface area contributed by atoms with Gasteiger partial charge in [0.2, 0.25) is 0 Å². The Bertz CT molecular complexity index is 362. The Hall–Kier alpha value is -0.990. The Morgan fingerprint density at radius 1 is 0.933 bits per heavy atom. The van der Waals surface area contributed by atoms with E-state index in [4.69, 9.17) is 0 Å². The maximum Gasteiger partial charge on any atom is 0.397 e. The summed E-state index contributed by atoms with van der Waals surface area (Å²) in [6.07, 6.45) is -4.21. The third-order valence-electron chi connectivity index (χ3n) is 2.94. The number of hydrogen-bond acceptors (Lipinski definition) is 0. The van der Waals surface area contributed by atoms with Gasteiger partial charge in [0.15, 0.2) is 0 Å². The lowest BCUT2D eigenvalue weighted by Crippen LogP contribution is -2.36. The zero-order valence-corrected chi connectivity index (χ0v) is 9.37. The van der Waals surface area contributed by atoms with Crippen molar-refractivity contribution in [2.75, 3.05) is 0 Å². The van der Waals surface area contributed by atoms with E-state index in [1.807, 2.05) is 13.8 Å². The molecule has 15 heavy (non-hydrogen) atoms. The lowest BCUT2D eigenvalue weighted by molar-refractivity contribution is -0.180. The molecule has 0 saturated carbocycles. The lowest BCUT2D eigenvalue weighted by atomic mass is 9.83. The first-order valence-corrected chi connectivity index (χ1v) is 4.80. The van der Waals surface area contributed by atoms with Crippen molar-refractivity contribution in [3.8, 4) is 0 Å². The predicted molar refractivity (Wildman–Crippen MR) is 55.0 cm³/mol. The summed E-state index contributed by atoms with van der Waals surface area (Å²) >= 11 is 0. The summed E-state index contributed by atoms with van der Waals surface area (Å²) in [4.78, 5) is 0. The van der Waals surface area contributed by atoms with Crippen molar-refractivity contribution in [3.05, 3.63) is 34.9 Å². The van der Waals surface area contributed by atoms with Gasteiger partial charge in [-0.3, -0.25) is 0 Å². The highest BCUT2D eigenvalue weighted by molar-refractivity contribution is 5.34. The number of rotatable bonds is 1. The van der Waals surface area contributed by atoms with Gasteiger partial charge in [-0.15, -0.1) is 0 Å². The van der Waals surface area contributed by atoms with Crippen LogP contribution >= 0.6 is 0 Å². The van der Waals surface area contributed by atoms with Crippen LogP contribution in [0, 0.1) is 13.8 Å². The van der Waals surface area contributed by atoms with Gasteiger partial charge in [-0.1, -0.05) is 18.2 Å². The van der Waals surface area contributed by atoms with Crippen molar-refractivity contribution in [2.24, 2.45) is 0 Å². The Morgan fingerprint density at radius 2 is 1.47 bits per heavy atom. The average molecular weight is 216 g/mol. The van der Waals surface area contributed by atoms with Gasteiger partial charge in [0.25, 0.3) is 0 Å². The third kappa shape index (κ3) is 2.16. The van der Waals surface area contributed by atoms with E-state index in [0.29, 0.717) is 5.56 Å². The maximum absolute atomic E-state index is 12.8. The van der Waals surface area contributed by atoms with Gasteiger partial charge in [0, 0.05) is 0 Å². The van der Waals surface area contributed by atoms with Gasteiger partial charge in [-0.2, -0.15) is 13.2 Å². The zero-order valence-electron chi connectivity index (χ0n) is 9.37. The first kappa shape index (κ1) is 12.1. The molecular formula is C12H15F3. The van der Waals surface area contributed by atoms with Crippen molar-refractivity contribution in [3.63, 3.8) is 0 Å². The molecular weight excluding hydrogens is 201 g/mol. The summed E-state index contributed by atoms with van der Waals surface area (Å²) < 4.78 is 38.3. The Labute approximate surface area is 88.1 Å². The summed E-state index contributed by atoms with van der Waals surface area (Å²) in [6.45, 7) is 6.12. The largest absolute Gasteiger partial charge is 0.397 e. The molecule has 0 atom stereocenters. The molecule has 1 aromatic rings. The normalized spacial score (nSPS) is 13.0. The van der Waals surface area contributed by atoms with Crippen LogP contribution in [0.1, 0.15) is 30.5 Å². The van der Waals surface area contributed by atoms with Crippen LogP contribution in [0.2, 0.25) is 0 Å². The SMILES string of the molecule is Cc1ccc(C(C)(C)C(F)(F)F)cc1C. The number of benzene rings is 1. The van der Waals surface area contributed by atoms with E-state index in [-0.39, 0.29) is 0 Å². The minimum Gasteiger partial charge on any atom is -0.170 e. The fraction of sp³-hybridized carbons (Fsp3) is 0.500. The van der Waals surface area contributed by atoms with Crippen LogP contribution in [-0.4, -0.2) is 6.18 Å². The average Bonchev–Trinajstić information content (AvgIpc) is 2.07. The highest BCUT2D eigenvalue weighted by Crippen LogP contribution is 2.40. The summed E-state index contributed by atoms with van der Waals surface area (Å²) in [5.74, 6) is 0. The molecule has 0 aromatic heterocycles. The summed E-state index contributed by atoms with van der Waals surface area (Å²) in [5, 5.41) is 0. The van der Waals surface area contributed by atoms with E-state index < -0.39 is 11.6 Å². The lowest BCUT2D eigenvalue weighted by Gasteiger charge is -2.28. The number of alkyl halides is 3. The first-order valence-electron chi connectivity index (χ1n) is 4.80. The molecule has 0 saturated heterocycles. The molecule has 84 valence electrons. The second kappa shape index (κ2) is 3.54. The standard InChI is InChI=1S/C12H15F3/c1-8-5-6-10(7-9(8)2)11(3,4)12(13,14)15/h5-7H,1-4H3. The topological polar surface area (TPSA) is 0 Å². The van der Waals surface area contributed by atoms with Gasteiger partial charge in [0.1, 0.15) is 0 Å². The predicted octanol–water partition coefficient (Wildman–Crippen LogP) is 4.14. The molecule has 0 radical (unpaired) electrons. The van der Waals surface area contributed by atoms with Crippen LogP contribution in [-0.2, 0) is 5.41 Å². The number of halogens is 3. The molecule has 0 aliphatic carbocycles. The minimum absolute atomic E-state index is 0.318. The van der Waals surface area contributed by atoms with E-state index in [9.17, 15) is 13.2 Å². The van der Waals surface area contributed by atoms with E-state index >= 15 is 0 Å². The van der Waals surface area contributed by atoms with Crippen LogP contribution in [0.15, 0.2) is 18.2 Å². The van der Waals surface area contributed by atoms with E-state index in [1.165, 1.54) is 13.8 Å². The van der Waals surface area contributed by atoms with Crippen molar-refractivity contribution in [1.82, 2.24) is 0 Å². The smallest absolute Gasteiger partial charge is 0.170 e. The molecule has 1 aromatic carbocycles. The monoisotopic (exact) mass is 216 g/mol. The van der Waals surface area contributed by atoms with Crippen molar-refractivity contribution in [1.29, 1.82) is 0 Å². The van der Waals surface area contributed by atoms with Crippen LogP contribution in [0.25, 0.3) is 0 Å².